The number of nitrogens with one attached hydrogen (secondary N) is 1. The average molecular weight is 380 g/mol. The number of ether oxygens (including phenoxy) is 1. The van der Waals surface area contributed by atoms with Crippen molar-refractivity contribution in [1.82, 2.24) is 0 Å². The van der Waals surface area contributed by atoms with Gasteiger partial charge in [0.05, 0.1) is 16.3 Å². The molecule has 136 valence electrons. The Hall–Kier alpha value is -3.11. The Morgan fingerprint density at radius 3 is 2.26 bits per heavy atom. The van der Waals surface area contributed by atoms with E-state index >= 15 is 0 Å². The number of carbonyl (C=O) groups is 2. The minimum absolute atomic E-state index is 0.385. The van der Waals surface area contributed by atoms with Crippen LogP contribution in [0.3, 0.4) is 0 Å². The van der Waals surface area contributed by atoms with E-state index in [0.717, 1.165) is 16.7 Å². The molecular weight excluding hydrogens is 362 g/mol. The molecule has 0 aliphatic carbocycles. The molecule has 3 rings (SSSR count). The van der Waals surface area contributed by atoms with Gasteiger partial charge in [-0.25, -0.2) is 4.79 Å². The van der Waals surface area contributed by atoms with Crippen molar-refractivity contribution in [1.29, 1.82) is 0 Å². The van der Waals surface area contributed by atoms with Crippen LogP contribution in [0.25, 0.3) is 11.1 Å². The van der Waals surface area contributed by atoms with E-state index in [4.69, 9.17) is 16.3 Å². The maximum Gasteiger partial charge on any atom is 0.338 e. The van der Waals surface area contributed by atoms with Crippen LogP contribution in [0, 0.1) is 6.92 Å². The second kappa shape index (κ2) is 8.52. The SMILES string of the molecule is Cc1ccc(NC(=O)COC(=O)c2ccc(-c3ccccc3)cc2)c(Cl)c1. The molecule has 0 aromatic heterocycles. The summed E-state index contributed by atoms with van der Waals surface area (Å²) in [5.41, 5.74) is 3.92. The summed E-state index contributed by atoms with van der Waals surface area (Å²) in [6.45, 7) is 1.52. The van der Waals surface area contributed by atoms with Crippen molar-refractivity contribution in [3.63, 3.8) is 0 Å². The van der Waals surface area contributed by atoms with Gasteiger partial charge in [0.1, 0.15) is 0 Å². The summed E-state index contributed by atoms with van der Waals surface area (Å²) in [6.07, 6.45) is 0. The molecule has 5 heteroatoms. The van der Waals surface area contributed by atoms with Crippen molar-refractivity contribution in [2.24, 2.45) is 0 Å². The molecule has 1 N–H and O–H groups in total. The van der Waals surface area contributed by atoms with Gasteiger partial charge in [-0.15, -0.1) is 0 Å². The average Bonchev–Trinajstić information content (AvgIpc) is 2.69. The second-order valence-electron chi connectivity index (χ2n) is 6.05. The van der Waals surface area contributed by atoms with E-state index in [1.165, 1.54) is 0 Å². The number of carbonyl (C=O) groups excluding carboxylic acids is 2. The van der Waals surface area contributed by atoms with Gasteiger partial charge in [0, 0.05) is 0 Å². The largest absolute Gasteiger partial charge is 0.452 e. The van der Waals surface area contributed by atoms with Crippen LogP contribution in [0.15, 0.2) is 72.8 Å². The Morgan fingerprint density at radius 2 is 1.59 bits per heavy atom. The fourth-order valence-electron chi connectivity index (χ4n) is 2.55. The molecule has 0 atom stereocenters. The molecule has 0 unspecified atom stereocenters. The number of rotatable bonds is 5. The highest BCUT2D eigenvalue weighted by molar-refractivity contribution is 6.33. The van der Waals surface area contributed by atoms with Crippen LogP contribution < -0.4 is 5.32 Å². The zero-order valence-corrected chi connectivity index (χ0v) is 15.5. The molecule has 27 heavy (non-hydrogen) atoms. The van der Waals surface area contributed by atoms with Gasteiger partial charge >= 0.3 is 5.97 Å². The Labute approximate surface area is 162 Å². The summed E-state index contributed by atoms with van der Waals surface area (Å²) in [6, 6.07) is 22.2. The quantitative estimate of drug-likeness (QED) is 0.626. The van der Waals surface area contributed by atoms with Gasteiger partial charge < -0.3 is 10.1 Å². The first-order valence-electron chi connectivity index (χ1n) is 8.41. The maximum absolute atomic E-state index is 12.1. The first kappa shape index (κ1) is 18.7. The smallest absolute Gasteiger partial charge is 0.338 e. The van der Waals surface area contributed by atoms with Crippen LogP contribution >= 0.6 is 11.6 Å². The van der Waals surface area contributed by atoms with Crippen LogP contribution in [-0.4, -0.2) is 18.5 Å². The van der Waals surface area contributed by atoms with E-state index in [1.807, 2.05) is 55.5 Å². The lowest BCUT2D eigenvalue weighted by molar-refractivity contribution is -0.119. The van der Waals surface area contributed by atoms with Crippen LogP contribution in [0.2, 0.25) is 5.02 Å². The number of anilines is 1. The first-order chi connectivity index (χ1) is 13.0. The number of aryl methyl sites for hydroxylation is 1. The Morgan fingerprint density at radius 1 is 0.926 bits per heavy atom. The van der Waals surface area contributed by atoms with E-state index in [-0.39, 0.29) is 6.61 Å². The maximum atomic E-state index is 12.1. The van der Waals surface area contributed by atoms with Crippen LogP contribution in [0.1, 0.15) is 15.9 Å². The highest BCUT2D eigenvalue weighted by Gasteiger charge is 2.12. The lowest BCUT2D eigenvalue weighted by Gasteiger charge is -2.09. The Bertz CT molecular complexity index is 953. The Balaban J connectivity index is 1.56. The highest BCUT2D eigenvalue weighted by Crippen LogP contribution is 2.23. The van der Waals surface area contributed by atoms with E-state index in [0.29, 0.717) is 16.3 Å². The minimum Gasteiger partial charge on any atom is -0.452 e. The molecule has 0 heterocycles. The zero-order chi connectivity index (χ0) is 19.2. The third kappa shape index (κ3) is 4.96. The van der Waals surface area contributed by atoms with Crippen LogP contribution in [0.4, 0.5) is 5.69 Å². The molecule has 0 saturated carbocycles. The van der Waals surface area contributed by atoms with Crippen LogP contribution in [0.5, 0.6) is 0 Å². The topological polar surface area (TPSA) is 55.4 Å². The fourth-order valence-corrected chi connectivity index (χ4v) is 2.83. The summed E-state index contributed by atoms with van der Waals surface area (Å²) in [7, 11) is 0. The molecular formula is C22H18ClNO3. The van der Waals surface area contributed by atoms with Gasteiger partial charge in [0.25, 0.3) is 5.91 Å². The first-order valence-corrected chi connectivity index (χ1v) is 8.79. The van der Waals surface area contributed by atoms with Gasteiger partial charge in [0.15, 0.2) is 6.61 Å². The number of benzene rings is 3. The third-order valence-corrected chi connectivity index (χ3v) is 4.27. The van der Waals surface area contributed by atoms with Crippen LogP contribution in [-0.2, 0) is 9.53 Å². The predicted octanol–water partition coefficient (Wildman–Crippen LogP) is 5.11. The van der Waals surface area contributed by atoms with Crippen molar-refractivity contribution in [3.8, 4) is 11.1 Å². The number of amides is 1. The Kier molecular flexibility index (Phi) is 5.89. The molecule has 1 amide bonds. The third-order valence-electron chi connectivity index (χ3n) is 3.96. The molecule has 0 saturated heterocycles. The molecule has 0 aliphatic rings. The van der Waals surface area contributed by atoms with E-state index < -0.39 is 11.9 Å². The van der Waals surface area contributed by atoms with Gasteiger partial charge in [-0.05, 0) is 47.9 Å². The monoisotopic (exact) mass is 379 g/mol. The molecule has 0 bridgehead atoms. The molecule has 4 nitrogen and oxygen atoms in total. The molecule has 0 fully saturated rings. The number of hydrogen-bond donors (Lipinski definition) is 1. The van der Waals surface area contributed by atoms with Crippen molar-refractivity contribution in [2.45, 2.75) is 6.92 Å². The number of esters is 1. The minimum atomic E-state index is -0.556. The molecule has 3 aromatic rings. The van der Waals surface area contributed by atoms with Crippen molar-refractivity contribution < 1.29 is 14.3 Å². The summed E-state index contributed by atoms with van der Waals surface area (Å²) in [5, 5.41) is 3.06. The van der Waals surface area contributed by atoms with Gasteiger partial charge in [0.2, 0.25) is 0 Å². The molecule has 0 spiro atoms. The summed E-state index contributed by atoms with van der Waals surface area (Å²) in [4.78, 5) is 24.1. The lowest BCUT2D eigenvalue weighted by atomic mass is 10.0. The molecule has 0 radical (unpaired) electrons. The van der Waals surface area contributed by atoms with E-state index in [2.05, 4.69) is 5.32 Å². The normalized spacial score (nSPS) is 10.3. The number of halogens is 1. The standard InChI is InChI=1S/C22H18ClNO3/c1-15-7-12-20(19(23)13-15)24-21(25)14-27-22(26)18-10-8-17(9-11-18)16-5-3-2-4-6-16/h2-13H,14H2,1H3,(H,24,25). The zero-order valence-electron chi connectivity index (χ0n) is 14.7. The predicted molar refractivity (Wildman–Crippen MR) is 107 cm³/mol. The summed E-state index contributed by atoms with van der Waals surface area (Å²) in [5.74, 6) is -1.00. The van der Waals surface area contributed by atoms with Gasteiger partial charge in [-0.2, -0.15) is 0 Å². The van der Waals surface area contributed by atoms with Crippen molar-refractivity contribution in [3.05, 3.63) is 88.9 Å². The van der Waals surface area contributed by atoms with E-state index in [1.54, 1.807) is 24.3 Å². The van der Waals surface area contributed by atoms with Crippen molar-refractivity contribution in [2.75, 3.05) is 11.9 Å². The lowest BCUT2D eigenvalue weighted by Crippen LogP contribution is -2.21. The second-order valence-corrected chi connectivity index (χ2v) is 6.46. The summed E-state index contributed by atoms with van der Waals surface area (Å²) < 4.78 is 5.08. The number of hydrogen-bond acceptors (Lipinski definition) is 3. The van der Waals surface area contributed by atoms with Gasteiger partial charge in [-0.3, -0.25) is 4.79 Å². The highest BCUT2D eigenvalue weighted by atomic mass is 35.5. The van der Waals surface area contributed by atoms with Gasteiger partial charge in [-0.1, -0.05) is 60.1 Å². The fraction of sp³-hybridized carbons (Fsp3) is 0.0909. The summed E-state index contributed by atoms with van der Waals surface area (Å²) >= 11 is 6.08. The molecule has 0 aliphatic heterocycles. The van der Waals surface area contributed by atoms with E-state index in [9.17, 15) is 9.59 Å². The van der Waals surface area contributed by atoms with Crippen molar-refractivity contribution >= 4 is 29.2 Å². The molecule has 3 aromatic carbocycles.